The molecule has 108 valence electrons. The average Bonchev–Trinajstić information content (AvgIpc) is 2.84. The Bertz CT molecular complexity index is 605. The topological polar surface area (TPSA) is 27.1 Å². The number of aromatic nitrogens is 2. The molecular weight excluding hydrogens is 316 g/mol. The third-order valence-electron chi connectivity index (χ3n) is 3.54. The minimum absolute atomic E-state index is 0.863. The second-order valence-electron chi connectivity index (χ2n) is 4.64. The van der Waals surface area contributed by atoms with Crippen LogP contribution in [-0.2, 0) is 19.4 Å². The van der Waals surface area contributed by atoms with Crippen LogP contribution in [0.15, 0.2) is 22.7 Å². The summed E-state index contributed by atoms with van der Waals surface area (Å²) in [6.07, 6.45) is 1.94. The minimum Gasteiger partial charge on any atom is -0.496 e. The Labute approximate surface area is 129 Å². The molecule has 0 unspecified atom stereocenters. The SMILES string of the molecule is CCc1nn(CC)c(-c2ccc(Br)cc2OC)c1CC. The average molecular weight is 337 g/mol. The van der Waals surface area contributed by atoms with Gasteiger partial charge in [-0.2, -0.15) is 5.10 Å². The lowest BCUT2D eigenvalue weighted by molar-refractivity contribution is 0.415. The van der Waals surface area contributed by atoms with Gasteiger partial charge in [0.25, 0.3) is 0 Å². The number of nitrogens with zero attached hydrogens (tertiary/aromatic N) is 2. The molecule has 4 heteroatoms. The minimum atomic E-state index is 0.863. The van der Waals surface area contributed by atoms with Crippen molar-refractivity contribution in [2.24, 2.45) is 0 Å². The second kappa shape index (κ2) is 6.44. The molecule has 0 N–H and O–H groups in total. The molecule has 0 atom stereocenters. The predicted molar refractivity (Wildman–Crippen MR) is 86.3 cm³/mol. The molecule has 0 bridgehead atoms. The van der Waals surface area contributed by atoms with Crippen molar-refractivity contribution in [1.82, 2.24) is 9.78 Å². The van der Waals surface area contributed by atoms with Crippen LogP contribution >= 0.6 is 15.9 Å². The molecule has 0 spiro atoms. The van der Waals surface area contributed by atoms with Crippen molar-refractivity contribution in [3.63, 3.8) is 0 Å². The first kappa shape index (κ1) is 15.1. The first-order valence-corrected chi connectivity index (χ1v) is 7.87. The Kier molecular flexibility index (Phi) is 4.86. The molecule has 1 heterocycles. The summed E-state index contributed by atoms with van der Waals surface area (Å²) < 4.78 is 8.66. The zero-order valence-corrected chi connectivity index (χ0v) is 14.1. The van der Waals surface area contributed by atoms with Crippen LogP contribution in [0.1, 0.15) is 32.0 Å². The molecule has 0 saturated heterocycles. The number of hydrogen-bond donors (Lipinski definition) is 0. The van der Waals surface area contributed by atoms with Gasteiger partial charge in [0, 0.05) is 22.1 Å². The Balaban J connectivity index is 2.70. The maximum Gasteiger partial charge on any atom is 0.129 e. The van der Waals surface area contributed by atoms with Crippen LogP contribution in [-0.4, -0.2) is 16.9 Å². The molecule has 20 heavy (non-hydrogen) atoms. The van der Waals surface area contributed by atoms with Crippen molar-refractivity contribution in [2.45, 2.75) is 40.2 Å². The number of hydrogen-bond acceptors (Lipinski definition) is 2. The zero-order chi connectivity index (χ0) is 14.7. The van der Waals surface area contributed by atoms with Gasteiger partial charge < -0.3 is 4.74 Å². The van der Waals surface area contributed by atoms with Crippen molar-refractivity contribution in [3.8, 4) is 17.0 Å². The highest BCUT2D eigenvalue weighted by atomic mass is 79.9. The van der Waals surface area contributed by atoms with Gasteiger partial charge in [-0.15, -0.1) is 0 Å². The Morgan fingerprint density at radius 2 is 1.95 bits per heavy atom. The van der Waals surface area contributed by atoms with Gasteiger partial charge in [-0.05, 0) is 38.0 Å². The predicted octanol–water partition coefficient (Wildman–Crippen LogP) is 4.47. The number of benzene rings is 1. The summed E-state index contributed by atoms with van der Waals surface area (Å²) in [6.45, 7) is 7.33. The molecule has 0 fully saturated rings. The molecule has 0 aliphatic carbocycles. The highest BCUT2D eigenvalue weighted by molar-refractivity contribution is 9.10. The third kappa shape index (κ3) is 2.62. The lowest BCUT2D eigenvalue weighted by Gasteiger charge is -2.12. The van der Waals surface area contributed by atoms with Crippen LogP contribution in [0.2, 0.25) is 0 Å². The van der Waals surface area contributed by atoms with Gasteiger partial charge in [-0.1, -0.05) is 29.8 Å². The van der Waals surface area contributed by atoms with Crippen molar-refractivity contribution >= 4 is 15.9 Å². The smallest absolute Gasteiger partial charge is 0.129 e. The van der Waals surface area contributed by atoms with Crippen molar-refractivity contribution in [1.29, 1.82) is 0 Å². The van der Waals surface area contributed by atoms with E-state index in [1.807, 2.05) is 6.07 Å². The molecule has 0 aliphatic heterocycles. The number of rotatable bonds is 5. The Morgan fingerprint density at radius 1 is 1.20 bits per heavy atom. The van der Waals surface area contributed by atoms with E-state index in [0.717, 1.165) is 35.2 Å². The molecule has 0 aliphatic rings. The molecule has 0 amide bonds. The summed E-state index contributed by atoms with van der Waals surface area (Å²) in [5.74, 6) is 0.881. The van der Waals surface area contributed by atoms with E-state index in [9.17, 15) is 0 Å². The summed E-state index contributed by atoms with van der Waals surface area (Å²) in [5.41, 5.74) is 4.82. The molecular formula is C16H21BrN2O. The molecule has 0 radical (unpaired) electrons. The van der Waals surface area contributed by atoms with Crippen LogP contribution in [0.3, 0.4) is 0 Å². The number of methoxy groups -OCH3 is 1. The third-order valence-corrected chi connectivity index (χ3v) is 4.03. The highest BCUT2D eigenvalue weighted by Gasteiger charge is 2.19. The van der Waals surface area contributed by atoms with E-state index in [-0.39, 0.29) is 0 Å². The van der Waals surface area contributed by atoms with E-state index in [0.29, 0.717) is 0 Å². The normalized spacial score (nSPS) is 10.8. The summed E-state index contributed by atoms with van der Waals surface area (Å²) in [4.78, 5) is 0. The monoisotopic (exact) mass is 336 g/mol. The number of aryl methyl sites for hydroxylation is 2. The second-order valence-corrected chi connectivity index (χ2v) is 5.56. The van der Waals surface area contributed by atoms with Crippen LogP contribution < -0.4 is 4.74 Å². The lowest BCUT2D eigenvalue weighted by atomic mass is 10.0. The van der Waals surface area contributed by atoms with Gasteiger partial charge >= 0.3 is 0 Å². The van der Waals surface area contributed by atoms with Crippen LogP contribution in [0.4, 0.5) is 0 Å². The summed E-state index contributed by atoms with van der Waals surface area (Å²) in [5, 5.41) is 4.74. The zero-order valence-electron chi connectivity index (χ0n) is 12.5. The molecule has 1 aromatic heterocycles. The van der Waals surface area contributed by atoms with E-state index < -0.39 is 0 Å². The van der Waals surface area contributed by atoms with E-state index in [2.05, 4.69) is 53.5 Å². The quantitative estimate of drug-likeness (QED) is 0.805. The van der Waals surface area contributed by atoms with Crippen LogP contribution in [0, 0.1) is 0 Å². The van der Waals surface area contributed by atoms with Crippen LogP contribution in [0.5, 0.6) is 5.75 Å². The number of halogens is 1. The van der Waals surface area contributed by atoms with Gasteiger partial charge in [0.05, 0.1) is 18.5 Å². The van der Waals surface area contributed by atoms with Crippen LogP contribution in [0.25, 0.3) is 11.3 Å². The molecule has 1 aromatic carbocycles. The largest absolute Gasteiger partial charge is 0.496 e. The Morgan fingerprint density at radius 3 is 2.50 bits per heavy atom. The highest BCUT2D eigenvalue weighted by Crippen LogP contribution is 2.36. The fraction of sp³-hybridized carbons (Fsp3) is 0.438. The summed E-state index contributed by atoms with van der Waals surface area (Å²) >= 11 is 3.50. The molecule has 0 saturated carbocycles. The van der Waals surface area contributed by atoms with E-state index >= 15 is 0 Å². The van der Waals surface area contributed by atoms with Gasteiger partial charge in [0.2, 0.25) is 0 Å². The lowest BCUT2D eigenvalue weighted by Crippen LogP contribution is -2.01. The first-order chi connectivity index (χ1) is 9.65. The van der Waals surface area contributed by atoms with Gasteiger partial charge in [-0.25, -0.2) is 0 Å². The maximum atomic E-state index is 5.55. The summed E-state index contributed by atoms with van der Waals surface area (Å²) in [6, 6.07) is 6.16. The van der Waals surface area contributed by atoms with E-state index in [4.69, 9.17) is 9.84 Å². The fourth-order valence-electron chi connectivity index (χ4n) is 2.60. The molecule has 2 rings (SSSR count). The van der Waals surface area contributed by atoms with Crippen molar-refractivity contribution in [2.75, 3.05) is 7.11 Å². The summed E-state index contributed by atoms with van der Waals surface area (Å²) in [7, 11) is 1.71. The van der Waals surface area contributed by atoms with E-state index in [1.54, 1.807) is 7.11 Å². The number of ether oxygens (including phenoxy) is 1. The standard InChI is InChI=1S/C16H21BrN2O/c1-5-12-14(6-2)18-19(7-3)16(12)13-9-8-11(17)10-15(13)20-4/h8-10H,5-7H2,1-4H3. The molecule has 2 aromatic rings. The first-order valence-electron chi connectivity index (χ1n) is 7.08. The maximum absolute atomic E-state index is 5.55. The molecule has 3 nitrogen and oxygen atoms in total. The van der Waals surface area contributed by atoms with Gasteiger partial charge in [-0.3, -0.25) is 4.68 Å². The van der Waals surface area contributed by atoms with Crippen molar-refractivity contribution < 1.29 is 4.74 Å². The van der Waals surface area contributed by atoms with Gasteiger partial charge in [0.15, 0.2) is 0 Å². The van der Waals surface area contributed by atoms with E-state index in [1.165, 1.54) is 17.0 Å². The van der Waals surface area contributed by atoms with Crippen molar-refractivity contribution in [3.05, 3.63) is 33.9 Å². The fourth-order valence-corrected chi connectivity index (χ4v) is 2.94. The van der Waals surface area contributed by atoms with Gasteiger partial charge in [0.1, 0.15) is 5.75 Å². The Hall–Kier alpha value is -1.29.